The molecular formula is C13H15Cl2NOS. The lowest BCUT2D eigenvalue weighted by atomic mass is 10.1. The molecule has 0 radical (unpaired) electrons. The number of thiol groups is 1. The van der Waals surface area contributed by atoms with Crippen LogP contribution in [0.2, 0.25) is 10.0 Å². The summed E-state index contributed by atoms with van der Waals surface area (Å²) in [5.74, 6) is 0.728. The van der Waals surface area contributed by atoms with Gasteiger partial charge in [0.25, 0.3) is 0 Å². The van der Waals surface area contributed by atoms with Crippen LogP contribution in [-0.2, 0) is 4.79 Å². The maximum atomic E-state index is 11.9. The minimum atomic E-state index is -0.0247. The Balaban J connectivity index is 2.05. The van der Waals surface area contributed by atoms with Gasteiger partial charge in [0.1, 0.15) is 0 Å². The maximum Gasteiger partial charge on any atom is 0.225 e. The predicted octanol–water partition coefficient (Wildman–Crippen LogP) is 4.34. The highest BCUT2D eigenvalue weighted by Crippen LogP contribution is 2.49. The van der Waals surface area contributed by atoms with Crippen LogP contribution in [0.4, 0.5) is 5.69 Å². The summed E-state index contributed by atoms with van der Waals surface area (Å²) in [4.78, 5) is 11.9. The fourth-order valence-corrected chi connectivity index (χ4v) is 2.70. The molecule has 1 aliphatic rings. The monoisotopic (exact) mass is 303 g/mol. The van der Waals surface area contributed by atoms with E-state index in [-0.39, 0.29) is 11.3 Å². The summed E-state index contributed by atoms with van der Waals surface area (Å²) in [6.45, 7) is 1.87. The van der Waals surface area contributed by atoms with Crippen LogP contribution in [0.1, 0.15) is 24.8 Å². The number of hydrogen-bond acceptors (Lipinski definition) is 2. The Labute approximate surface area is 122 Å². The number of hydrogen-bond donors (Lipinski definition) is 2. The molecule has 1 fully saturated rings. The van der Waals surface area contributed by atoms with Crippen molar-refractivity contribution in [1.29, 1.82) is 0 Å². The highest BCUT2D eigenvalue weighted by Gasteiger charge is 2.42. The molecule has 5 heteroatoms. The first-order chi connectivity index (χ1) is 8.46. The van der Waals surface area contributed by atoms with Crippen molar-refractivity contribution in [3.63, 3.8) is 0 Å². The molecule has 0 heterocycles. The van der Waals surface area contributed by atoms with Crippen molar-refractivity contribution >= 4 is 47.4 Å². The molecular weight excluding hydrogens is 289 g/mol. The fourth-order valence-electron chi connectivity index (χ4n) is 1.84. The van der Waals surface area contributed by atoms with Gasteiger partial charge in [0.2, 0.25) is 5.91 Å². The molecule has 18 heavy (non-hydrogen) atoms. The zero-order valence-corrected chi connectivity index (χ0v) is 12.5. The zero-order valence-electron chi connectivity index (χ0n) is 10.1. The van der Waals surface area contributed by atoms with Crippen LogP contribution in [0.3, 0.4) is 0 Å². The van der Waals surface area contributed by atoms with Gasteiger partial charge in [-0.25, -0.2) is 0 Å². The van der Waals surface area contributed by atoms with Crippen molar-refractivity contribution in [2.75, 3.05) is 11.1 Å². The van der Waals surface area contributed by atoms with E-state index in [1.807, 2.05) is 6.92 Å². The van der Waals surface area contributed by atoms with E-state index in [1.165, 1.54) is 0 Å². The number of aryl methyl sites for hydroxylation is 1. The standard InChI is InChI=1S/C13H15Cl2NOS/c1-8-4-10(15)11(5-9(8)14)16-12(17)6-13(7-18)2-3-13/h4-5,18H,2-3,6-7H2,1H3,(H,16,17). The Morgan fingerprint density at radius 1 is 1.39 bits per heavy atom. The molecule has 0 bridgehead atoms. The molecule has 0 atom stereocenters. The Morgan fingerprint density at radius 3 is 2.61 bits per heavy atom. The summed E-state index contributed by atoms with van der Waals surface area (Å²) in [5, 5.41) is 3.94. The lowest BCUT2D eigenvalue weighted by Crippen LogP contribution is -2.18. The first kappa shape index (κ1) is 14.0. The topological polar surface area (TPSA) is 29.1 Å². The molecule has 2 nitrogen and oxygen atoms in total. The minimum Gasteiger partial charge on any atom is -0.325 e. The second-order valence-electron chi connectivity index (χ2n) is 4.96. The van der Waals surface area contributed by atoms with Gasteiger partial charge < -0.3 is 5.32 Å². The number of carbonyl (C=O) groups excluding carboxylic acids is 1. The molecule has 1 aromatic carbocycles. The first-order valence-corrected chi connectivity index (χ1v) is 7.21. The molecule has 98 valence electrons. The average molecular weight is 304 g/mol. The minimum absolute atomic E-state index is 0.0247. The Hall–Kier alpha value is -0.380. The smallest absolute Gasteiger partial charge is 0.225 e. The molecule has 0 aliphatic heterocycles. The highest BCUT2D eigenvalue weighted by atomic mass is 35.5. The summed E-state index contributed by atoms with van der Waals surface area (Å²) in [5.41, 5.74) is 1.58. The van der Waals surface area contributed by atoms with Crippen LogP contribution in [0.25, 0.3) is 0 Å². The number of carbonyl (C=O) groups is 1. The number of rotatable bonds is 4. The van der Waals surface area contributed by atoms with Crippen molar-refractivity contribution < 1.29 is 4.79 Å². The van der Waals surface area contributed by atoms with Crippen LogP contribution < -0.4 is 5.32 Å². The fraction of sp³-hybridized carbons (Fsp3) is 0.462. The van der Waals surface area contributed by atoms with Gasteiger partial charge in [-0.05, 0) is 48.6 Å². The van der Waals surface area contributed by atoms with E-state index in [0.717, 1.165) is 24.2 Å². The first-order valence-electron chi connectivity index (χ1n) is 5.82. The van der Waals surface area contributed by atoms with E-state index in [2.05, 4.69) is 17.9 Å². The van der Waals surface area contributed by atoms with Gasteiger partial charge in [-0.15, -0.1) is 0 Å². The number of anilines is 1. The van der Waals surface area contributed by atoms with Crippen LogP contribution in [0.5, 0.6) is 0 Å². The molecule has 0 spiro atoms. The predicted molar refractivity (Wildman–Crippen MR) is 80.0 cm³/mol. The van der Waals surface area contributed by atoms with Crippen LogP contribution in [-0.4, -0.2) is 11.7 Å². The van der Waals surface area contributed by atoms with Gasteiger partial charge in [-0.2, -0.15) is 12.6 Å². The quantitative estimate of drug-likeness (QED) is 0.796. The summed E-state index contributed by atoms with van der Waals surface area (Å²) < 4.78 is 0. The van der Waals surface area contributed by atoms with Crippen LogP contribution in [0, 0.1) is 12.3 Å². The second kappa shape index (κ2) is 5.32. The number of amides is 1. The molecule has 1 aliphatic carbocycles. The Morgan fingerprint density at radius 2 is 2.06 bits per heavy atom. The lowest BCUT2D eigenvalue weighted by Gasteiger charge is -2.13. The van der Waals surface area contributed by atoms with Gasteiger partial charge in [0, 0.05) is 11.4 Å². The summed E-state index contributed by atoms with van der Waals surface area (Å²) in [7, 11) is 0. The summed E-state index contributed by atoms with van der Waals surface area (Å²) >= 11 is 16.4. The van der Waals surface area contributed by atoms with Crippen molar-refractivity contribution in [1.82, 2.24) is 0 Å². The average Bonchev–Trinajstić information content (AvgIpc) is 3.06. The van der Waals surface area contributed by atoms with E-state index >= 15 is 0 Å². The third kappa shape index (κ3) is 3.14. The van der Waals surface area contributed by atoms with E-state index < -0.39 is 0 Å². The summed E-state index contributed by atoms with van der Waals surface area (Å²) in [6.07, 6.45) is 2.65. The van der Waals surface area contributed by atoms with E-state index in [0.29, 0.717) is 22.2 Å². The SMILES string of the molecule is Cc1cc(Cl)c(NC(=O)CC2(CS)CC2)cc1Cl. The number of benzene rings is 1. The molecule has 1 saturated carbocycles. The van der Waals surface area contributed by atoms with Crippen molar-refractivity contribution in [2.45, 2.75) is 26.2 Å². The van der Waals surface area contributed by atoms with Gasteiger partial charge >= 0.3 is 0 Å². The molecule has 1 amide bonds. The second-order valence-corrected chi connectivity index (χ2v) is 6.09. The van der Waals surface area contributed by atoms with Crippen molar-refractivity contribution in [3.05, 3.63) is 27.7 Å². The largest absolute Gasteiger partial charge is 0.325 e. The molecule has 0 aromatic heterocycles. The van der Waals surface area contributed by atoms with Crippen LogP contribution in [0.15, 0.2) is 12.1 Å². The third-order valence-corrected chi connectivity index (χ3v) is 4.74. The van der Waals surface area contributed by atoms with Gasteiger partial charge in [0.15, 0.2) is 0 Å². The Bertz CT molecular complexity index is 486. The lowest BCUT2D eigenvalue weighted by molar-refractivity contribution is -0.117. The van der Waals surface area contributed by atoms with Gasteiger partial charge in [-0.3, -0.25) is 4.79 Å². The molecule has 2 rings (SSSR count). The van der Waals surface area contributed by atoms with Gasteiger partial charge in [0.05, 0.1) is 10.7 Å². The summed E-state index contributed by atoms with van der Waals surface area (Å²) in [6, 6.07) is 3.45. The van der Waals surface area contributed by atoms with E-state index in [4.69, 9.17) is 23.2 Å². The zero-order chi connectivity index (χ0) is 13.3. The van der Waals surface area contributed by atoms with E-state index in [1.54, 1.807) is 12.1 Å². The molecule has 0 unspecified atom stereocenters. The van der Waals surface area contributed by atoms with Crippen LogP contribution >= 0.6 is 35.8 Å². The number of nitrogens with one attached hydrogen (secondary N) is 1. The number of halogens is 2. The normalized spacial score (nSPS) is 16.4. The molecule has 1 aromatic rings. The molecule has 0 saturated heterocycles. The van der Waals surface area contributed by atoms with Crippen molar-refractivity contribution in [3.8, 4) is 0 Å². The van der Waals surface area contributed by atoms with Crippen molar-refractivity contribution in [2.24, 2.45) is 5.41 Å². The Kier molecular flexibility index (Phi) is 4.15. The maximum absolute atomic E-state index is 11.9. The molecule has 1 N–H and O–H groups in total. The van der Waals surface area contributed by atoms with Gasteiger partial charge in [-0.1, -0.05) is 23.2 Å². The third-order valence-electron chi connectivity index (χ3n) is 3.35. The van der Waals surface area contributed by atoms with E-state index in [9.17, 15) is 4.79 Å². The highest BCUT2D eigenvalue weighted by molar-refractivity contribution is 7.80.